The van der Waals surface area contributed by atoms with Crippen molar-refractivity contribution in [1.82, 2.24) is 5.06 Å². The molecule has 0 bridgehead atoms. The number of carbonyl (C=O) groups is 4. The van der Waals surface area contributed by atoms with Gasteiger partial charge in [-0.3, -0.25) is 19.2 Å². The second kappa shape index (κ2) is 12.2. The van der Waals surface area contributed by atoms with Crippen molar-refractivity contribution in [2.75, 3.05) is 11.1 Å². The van der Waals surface area contributed by atoms with Crippen LogP contribution in [0.25, 0.3) is 0 Å². The fraction of sp³-hybridized carbons (Fsp3) is 0.308. The highest BCUT2D eigenvalue weighted by Crippen LogP contribution is 2.27. The zero-order valence-corrected chi connectivity index (χ0v) is 21.0. The third-order valence-corrected chi connectivity index (χ3v) is 7.16. The minimum absolute atomic E-state index is 0.0166. The summed E-state index contributed by atoms with van der Waals surface area (Å²) < 4.78 is 31.6. The number of rotatable bonds is 10. The Bertz CT molecular complexity index is 1310. The highest BCUT2D eigenvalue weighted by atomic mass is 32.2. The van der Waals surface area contributed by atoms with Crippen LogP contribution in [0.15, 0.2) is 53.4 Å². The maximum Gasteiger partial charge on any atom is 0.534 e. The molecule has 0 saturated carbocycles. The van der Waals surface area contributed by atoms with Crippen molar-refractivity contribution in [3.05, 3.63) is 59.7 Å². The van der Waals surface area contributed by atoms with Crippen LogP contribution in [0.4, 0.5) is 10.5 Å². The number of hydrogen-bond acceptors (Lipinski definition) is 8. The lowest BCUT2D eigenvalue weighted by atomic mass is 10.1. The van der Waals surface area contributed by atoms with Gasteiger partial charge in [-0.05, 0) is 43.2 Å². The van der Waals surface area contributed by atoms with E-state index < -0.39 is 39.7 Å². The van der Waals surface area contributed by atoms with Gasteiger partial charge in [0, 0.05) is 31.4 Å². The molecular formula is C26H26N2O8S. The second-order valence-electron chi connectivity index (χ2n) is 8.36. The quantitative estimate of drug-likeness (QED) is 0.215. The summed E-state index contributed by atoms with van der Waals surface area (Å²) in [6, 6.07) is 12.3. The Morgan fingerprint density at radius 3 is 2.43 bits per heavy atom. The van der Waals surface area contributed by atoms with Crippen LogP contribution in [0.1, 0.15) is 49.3 Å². The predicted octanol–water partition coefficient (Wildman–Crippen LogP) is 3.47. The van der Waals surface area contributed by atoms with Gasteiger partial charge in [-0.1, -0.05) is 34.9 Å². The summed E-state index contributed by atoms with van der Waals surface area (Å²) in [5.41, 5.74) is 1.46. The molecule has 0 radical (unpaired) electrons. The molecule has 1 atom stereocenters. The number of terminal acetylenes is 1. The molecule has 10 nitrogen and oxygen atoms in total. The number of aryl methyl sites for hydroxylation is 1. The number of benzene rings is 2. The molecule has 0 aliphatic carbocycles. The third-order valence-electron chi connectivity index (χ3n) is 5.43. The molecule has 1 aliphatic rings. The summed E-state index contributed by atoms with van der Waals surface area (Å²) in [6.45, 7) is 1.81. The SMILES string of the molecule is C#CCCCC(=O)Nc1cccc(C(CS(=O)(=O)c2ccc(C)cc2)OC(=O)ON2C(=O)CCC2=O)c1. The summed E-state index contributed by atoms with van der Waals surface area (Å²) in [6.07, 6.45) is 3.32. The van der Waals surface area contributed by atoms with Crippen LogP contribution < -0.4 is 5.32 Å². The number of unbranched alkanes of at least 4 members (excludes halogenated alkanes) is 1. The Morgan fingerprint density at radius 1 is 1.11 bits per heavy atom. The molecular weight excluding hydrogens is 500 g/mol. The molecule has 194 valence electrons. The molecule has 11 heteroatoms. The Balaban J connectivity index is 1.84. The first-order valence-electron chi connectivity index (χ1n) is 11.5. The van der Waals surface area contributed by atoms with E-state index >= 15 is 0 Å². The summed E-state index contributed by atoms with van der Waals surface area (Å²) >= 11 is 0. The summed E-state index contributed by atoms with van der Waals surface area (Å²) in [5.74, 6) is 0.0904. The van der Waals surface area contributed by atoms with Crippen LogP contribution in [0.5, 0.6) is 0 Å². The first kappa shape index (κ1) is 27.4. The van der Waals surface area contributed by atoms with Crippen molar-refractivity contribution in [1.29, 1.82) is 0 Å². The molecule has 3 amide bonds. The number of anilines is 1. The lowest BCUT2D eigenvalue weighted by Crippen LogP contribution is -2.33. The molecule has 1 fully saturated rings. The Kier molecular flexibility index (Phi) is 9.03. The minimum Gasteiger partial charge on any atom is -0.423 e. The van der Waals surface area contributed by atoms with E-state index in [0.717, 1.165) is 5.56 Å². The van der Waals surface area contributed by atoms with Gasteiger partial charge >= 0.3 is 6.16 Å². The van der Waals surface area contributed by atoms with E-state index in [2.05, 4.69) is 11.2 Å². The lowest BCUT2D eigenvalue weighted by Gasteiger charge is -2.20. The molecule has 0 spiro atoms. The predicted molar refractivity (Wildman–Crippen MR) is 132 cm³/mol. The number of nitrogens with zero attached hydrogens (tertiary/aromatic N) is 1. The number of imide groups is 1. The summed E-state index contributed by atoms with van der Waals surface area (Å²) in [5, 5.41) is 3.00. The second-order valence-corrected chi connectivity index (χ2v) is 10.4. The van der Waals surface area contributed by atoms with Gasteiger partial charge in [0.05, 0.1) is 10.6 Å². The number of hydroxylamine groups is 2. The zero-order chi connectivity index (χ0) is 27.0. The van der Waals surface area contributed by atoms with Crippen LogP contribution in [0.3, 0.4) is 0 Å². The van der Waals surface area contributed by atoms with Crippen LogP contribution in [-0.2, 0) is 33.8 Å². The van der Waals surface area contributed by atoms with E-state index in [4.69, 9.17) is 16.0 Å². The van der Waals surface area contributed by atoms with Gasteiger partial charge in [0.2, 0.25) is 5.91 Å². The van der Waals surface area contributed by atoms with Gasteiger partial charge in [-0.25, -0.2) is 13.2 Å². The highest BCUT2D eigenvalue weighted by molar-refractivity contribution is 7.91. The smallest absolute Gasteiger partial charge is 0.423 e. The summed E-state index contributed by atoms with van der Waals surface area (Å²) in [4.78, 5) is 53.0. The van der Waals surface area contributed by atoms with Gasteiger partial charge in [0.1, 0.15) is 6.10 Å². The van der Waals surface area contributed by atoms with Gasteiger partial charge in [-0.15, -0.1) is 12.3 Å². The number of hydrogen-bond donors (Lipinski definition) is 1. The monoisotopic (exact) mass is 526 g/mol. The van der Waals surface area contributed by atoms with Gasteiger partial charge in [0.15, 0.2) is 9.84 Å². The Hall–Kier alpha value is -4.17. The fourth-order valence-corrected chi connectivity index (χ4v) is 4.90. The van der Waals surface area contributed by atoms with E-state index in [1.54, 1.807) is 24.3 Å². The van der Waals surface area contributed by atoms with Crippen molar-refractivity contribution >= 4 is 39.4 Å². The summed E-state index contributed by atoms with van der Waals surface area (Å²) in [7, 11) is -3.96. The molecule has 2 aromatic rings. The van der Waals surface area contributed by atoms with Gasteiger partial charge in [-0.2, -0.15) is 0 Å². The maximum atomic E-state index is 13.1. The number of sulfone groups is 1. The number of ether oxygens (including phenoxy) is 1. The van der Waals surface area contributed by atoms with E-state index in [0.29, 0.717) is 23.6 Å². The molecule has 1 aliphatic heterocycles. The maximum absolute atomic E-state index is 13.1. The van der Waals surface area contributed by atoms with Crippen LogP contribution >= 0.6 is 0 Å². The van der Waals surface area contributed by atoms with Crippen molar-refractivity contribution < 1.29 is 37.2 Å². The standard InChI is InChI=1S/C26H26N2O8S/c1-3-4-5-9-23(29)27-20-8-6-7-19(16-20)22(17-37(33,34)21-12-10-18(2)11-13-21)35-26(32)36-28-24(30)14-15-25(28)31/h1,6-8,10-13,16,22H,4-5,9,14-15,17H2,2H3,(H,27,29). The Morgan fingerprint density at radius 2 is 1.78 bits per heavy atom. The van der Waals surface area contributed by atoms with E-state index in [1.165, 1.54) is 24.3 Å². The van der Waals surface area contributed by atoms with Crippen molar-refractivity contribution in [3.63, 3.8) is 0 Å². The molecule has 1 saturated heterocycles. The number of nitrogens with one attached hydrogen (secondary N) is 1. The van der Waals surface area contributed by atoms with Crippen molar-refractivity contribution in [3.8, 4) is 12.3 Å². The van der Waals surface area contributed by atoms with Crippen molar-refractivity contribution in [2.24, 2.45) is 0 Å². The van der Waals surface area contributed by atoms with E-state index in [1.807, 2.05) is 6.92 Å². The zero-order valence-electron chi connectivity index (χ0n) is 20.1. The molecule has 0 aromatic heterocycles. The molecule has 1 heterocycles. The average molecular weight is 527 g/mol. The molecule has 1 N–H and O–H groups in total. The van der Waals surface area contributed by atoms with Gasteiger partial charge in [0.25, 0.3) is 11.8 Å². The Labute approximate surface area is 214 Å². The number of amides is 3. The topological polar surface area (TPSA) is 136 Å². The van der Waals surface area contributed by atoms with Crippen molar-refractivity contribution in [2.45, 2.75) is 50.0 Å². The highest BCUT2D eigenvalue weighted by Gasteiger charge is 2.35. The molecule has 37 heavy (non-hydrogen) atoms. The fourth-order valence-electron chi connectivity index (χ4n) is 3.50. The van der Waals surface area contributed by atoms with Crippen LogP contribution in [0.2, 0.25) is 0 Å². The molecule has 1 unspecified atom stereocenters. The van der Waals surface area contributed by atoms with E-state index in [9.17, 15) is 27.6 Å². The minimum atomic E-state index is -3.96. The normalized spacial score (nSPS) is 14.1. The van der Waals surface area contributed by atoms with Crippen LogP contribution in [0, 0.1) is 19.3 Å². The lowest BCUT2D eigenvalue weighted by molar-refractivity contribution is -0.178. The average Bonchev–Trinajstić information content (AvgIpc) is 3.16. The van der Waals surface area contributed by atoms with Crippen LogP contribution in [-0.4, -0.2) is 43.1 Å². The number of carbonyl (C=O) groups excluding carboxylic acids is 4. The molecule has 3 rings (SSSR count). The first-order chi connectivity index (χ1) is 17.6. The first-order valence-corrected chi connectivity index (χ1v) is 13.1. The third kappa shape index (κ3) is 7.65. The largest absolute Gasteiger partial charge is 0.534 e. The van der Waals surface area contributed by atoms with Gasteiger partial charge < -0.3 is 10.1 Å². The van der Waals surface area contributed by atoms with E-state index in [-0.39, 0.29) is 35.6 Å². The molecule has 2 aromatic carbocycles.